The lowest BCUT2D eigenvalue weighted by molar-refractivity contribution is 0.190. The first-order chi connectivity index (χ1) is 8.08. The van der Waals surface area contributed by atoms with Crippen LogP contribution < -0.4 is 5.32 Å². The Kier molecular flexibility index (Phi) is 4.31. The van der Waals surface area contributed by atoms with Gasteiger partial charge in [0.2, 0.25) is 0 Å². The van der Waals surface area contributed by atoms with E-state index in [9.17, 15) is 0 Å². The van der Waals surface area contributed by atoms with Gasteiger partial charge in [0.1, 0.15) is 0 Å². The smallest absolute Gasteiger partial charge is 0.0382 e. The van der Waals surface area contributed by atoms with Crippen molar-refractivity contribution in [2.24, 2.45) is 0 Å². The first kappa shape index (κ1) is 13.1. The molecule has 1 N–H and O–H groups in total. The third-order valence-electron chi connectivity index (χ3n) is 3.84. The average molecular weight is 344 g/mol. The van der Waals surface area contributed by atoms with Gasteiger partial charge < -0.3 is 10.2 Å². The number of nitrogens with one attached hydrogen (secondary N) is 1. The molecule has 2 nitrogen and oxygen atoms in total. The molecular formula is C14H21IN2. The number of rotatable bonds is 2. The van der Waals surface area contributed by atoms with Gasteiger partial charge in [0, 0.05) is 27.9 Å². The van der Waals surface area contributed by atoms with Gasteiger partial charge in [0.25, 0.3) is 0 Å². The van der Waals surface area contributed by atoms with Gasteiger partial charge in [-0.3, -0.25) is 0 Å². The molecule has 0 amide bonds. The van der Waals surface area contributed by atoms with Crippen molar-refractivity contribution in [3.8, 4) is 0 Å². The van der Waals surface area contributed by atoms with Crippen molar-refractivity contribution in [3.05, 3.63) is 27.3 Å². The molecule has 1 saturated heterocycles. The zero-order chi connectivity index (χ0) is 12.4. The van der Waals surface area contributed by atoms with Crippen LogP contribution in [-0.4, -0.2) is 30.6 Å². The van der Waals surface area contributed by atoms with Crippen LogP contribution in [0.15, 0.2) is 18.2 Å². The molecule has 1 aromatic carbocycles. The number of piperidine rings is 1. The van der Waals surface area contributed by atoms with Crippen molar-refractivity contribution in [1.29, 1.82) is 0 Å². The molecule has 2 unspecified atom stereocenters. The minimum absolute atomic E-state index is 0.623. The number of hydrogen-bond donors (Lipinski definition) is 1. The van der Waals surface area contributed by atoms with E-state index in [2.05, 4.69) is 71.9 Å². The summed E-state index contributed by atoms with van der Waals surface area (Å²) >= 11 is 2.40. The molecule has 0 spiro atoms. The quantitative estimate of drug-likeness (QED) is 0.827. The third-order valence-corrected chi connectivity index (χ3v) is 5.00. The summed E-state index contributed by atoms with van der Waals surface area (Å²) in [6.45, 7) is 5.71. The van der Waals surface area contributed by atoms with Gasteiger partial charge in [-0.25, -0.2) is 0 Å². The van der Waals surface area contributed by atoms with Crippen molar-refractivity contribution in [1.82, 2.24) is 4.90 Å². The molecule has 0 saturated carbocycles. The van der Waals surface area contributed by atoms with Gasteiger partial charge in [-0.05, 0) is 74.0 Å². The van der Waals surface area contributed by atoms with Crippen LogP contribution in [0.25, 0.3) is 0 Å². The Morgan fingerprint density at radius 2 is 2.18 bits per heavy atom. The number of halogens is 1. The topological polar surface area (TPSA) is 15.3 Å². The van der Waals surface area contributed by atoms with Crippen LogP contribution in [0.5, 0.6) is 0 Å². The largest absolute Gasteiger partial charge is 0.382 e. The number of hydrogen-bond acceptors (Lipinski definition) is 2. The molecule has 1 fully saturated rings. The van der Waals surface area contributed by atoms with Crippen molar-refractivity contribution in [2.45, 2.75) is 38.8 Å². The molecule has 1 aromatic rings. The van der Waals surface area contributed by atoms with Gasteiger partial charge in [-0.15, -0.1) is 0 Å². The van der Waals surface area contributed by atoms with Crippen LogP contribution in [0.2, 0.25) is 0 Å². The summed E-state index contributed by atoms with van der Waals surface area (Å²) in [7, 11) is 2.22. The van der Waals surface area contributed by atoms with Crippen molar-refractivity contribution in [3.63, 3.8) is 0 Å². The van der Waals surface area contributed by atoms with Crippen LogP contribution in [0.1, 0.15) is 25.3 Å². The molecule has 0 bridgehead atoms. The van der Waals surface area contributed by atoms with Crippen molar-refractivity contribution >= 4 is 28.3 Å². The highest BCUT2D eigenvalue weighted by Crippen LogP contribution is 2.24. The summed E-state index contributed by atoms with van der Waals surface area (Å²) in [6, 6.07) is 7.80. The lowest BCUT2D eigenvalue weighted by Gasteiger charge is -2.36. The molecule has 0 radical (unpaired) electrons. The number of nitrogens with zero attached hydrogens (tertiary/aromatic N) is 1. The number of benzene rings is 1. The van der Waals surface area contributed by atoms with Crippen LogP contribution in [0.3, 0.4) is 0 Å². The molecule has 2 atom stereocenters. The predicted molar refractivity (Wildman–Crippen MR) is 82.6 cm³/mol. The van der Waals surface area contributed by atoms with Crippen molar-refractivity contribution in [2.75, 3.05) is 18.9 Å². The van der Waals surface area contributed by atoms with Gasteiger partial charge in [0.05, 0.1) is 0 Å². The minimum atomic E-state index is 0.623. The van der Waals surface area contributed by atoms with Crippen LogP contribution >= 0.6 is 22.6 Å². The van der Waals surface area contributed by atoms with E-state index in [1.165, 1.54) is 34.2 Å². The van der Waals surface area contributed by atoms with E-state index in [4.69, 9.17) is 0 Å². The van der Waals surface area contributed by atoms with Gasteiger partial charge in [-0.2, -0.15) is 0 Å². The van der Waals surface area contributed by atoms with E-state index >= 15 is 0 Å². The second kappa shape index (κ2) is 5.57. The summed E-state index contributed by atoms with van der Waals surface area (Å²) in [5.74, 6) is 0. The average Bonchev–Trinajstić information content (AvgIpc) is 2.30. The fourth-order valence-electron chi connectivity index (χ4n) is 2.40. The maximum absolute atomic E-state index is 3.71. The summed E-state index contributed by atoms with van der Waals surface area (Å²) in [6.07, 6.45) is 2.48. The van der Waals surface area contributed by atoms with Gasteiger partial charge >= 0.3 is 0 Å². The molecule has 0 aromatic heterocycles. The van der Waals surface area contributed by atoms with E-state index in [-0.39, 0.29) is 0 Å². The Bertz CT molecular complexity index is 392. The lowest BCUT2D eigenvalue weighted by atomic mass is 9.98. The summed E-state index contributed by atoms with van der Waals surface area (Å²) in [4.78, 5) is 2.44. The van der Waals surface area contributed by atoms with Gasteiger partial charge in [0.15, 0.2) is 0 Å². The highest BCUT2D eigenvalue weighted by molar-refractivity contribution is 14.1. The summed E-state index contributed by atoms with van der Waals surface area (Å²) in [5.41, 5.74) is 2.68. The third kappa shape index (κ3) is 3.13. The maximum Gasteiger partial charge on any atom is 0.0382 e. The summed E-state index contributed by atoms with van der Waals surface area (Å²) < 4.78 is 1.34. The van der Waals surface area contributed by atoms with E-state index in [1.807, 2.05) is 0 Å². The molecule has 1 aliphatic rings. The van der Waals surface area contributed by atoms with Gasteiger partial charge in [-0.1, -0.05) is 6.07 Å². The van der Waals surface area contributed by atoms with Crippen LogP contribution in [-0.2, 0) is 0 Å². The normalized spacial score (nSPS) is 25.9. The predicted octanol–water partition coefficient (Wildman–Crippen LogP) is 3.49. The molecule has 0 aliphatic carbocycles. The standard InChI is InChI=1S/C14H21IN2/c1-10-9-12(7-8-17(10)3)16-14-6-4-5-13(15)11(14)2/h4-6,10,12,16H,7-9H2,1-3H3. The Morgan fingerprint density at radius 1 is 1.41 bits per heavy atom. The molecule has 2 rings (SSSR count). The first-order valence-electron chi connectivity index (χ1n) is 6.30. The zero-order valence-electron chi connectivity index (χ0n) is 10.8. The molecule has 3 heteroatoms. The Morgan fingerprint density at radius 3 is 2.88 bits per heavy atom. The van der Waals surface area contributed by atoms with E-state index in [1.54, 1.807) is 0 Å². The molecule has 1 heterocycles. The number of likely N-dealkylation sites (tertiary alicyclic amines) is 1. The highest BCUT2D eigenvalue weighted by atomic mass is 127. The maximum atomic E-state index is 3.71. The fraction of sp³-hybridized carbons (Fsp3) is 0.571. The molecule has 17 heavy (non-hydrogen) atoms. The molecule has 94 valence electrons. The Labute approximate surface area is 118 Å². The van der Waals surface area contributed by atoms with Crippen LogP contribution in [0, 0.1) is 10.5 Å². The SMILES string of the molecule is Cc1c(I)cccc1NC1CCN(C)C(C)C1. The fourth-order valence-corrected chi connectivity index (χ4v) is 2.90. The second-order valence-electron chi connectivity index (χ2n) is 5.11. The summed E-state index contributed by atoms with van der Waals surface area (Å²) in [5, 5.41) is 3.71. The van der Waals surface area contributed by atoms with E-state index < -0.39 is 0 Å². The number of anilines is 1. The van der Waals surface area contributed by atoms with Crippen LogP contribution in [0.4, 0.5) is 5.69 Å². The lowest BCUT2D eigenvalue weighted by Crippen LogP contribution is -2.42. The monoisotopic (exact) mass is 344 g/mol. The van der Waals surface area contributed by atoms with E-state index in [0.29, 0.717) is 12.1 Å². The molecule has 1 aliphatic heterocycles. The minimum Gasteiger partial charge on any atom is -0.382 e. The molecular weight excluding hydrogens is 323 g/mol. The van der Waals surface area contributed by atoms with E-state index in [0.717, 1.165) is 0 Å². The first-order valence-corrected chi connectivity index (χ1v) is 7.37. The Hall–Kier alpha value is -0.290. The second-order valence-corrected chi connectivity index (χ2v) is 6.27. The zero-order valence-corrected chi connectivity index (χ0v) is 13.0. The highest BCUT2D eigenvalue weighted by Gasteiger charge is 2.22. The van der Waals surface area contributed by atoms with Crippen molar-refractivity contribution < 1.29 is 0 Å². The Balaban J connectivity index is 2.04.